The van der Waals surface area contributed by atoms with Gasteiger partial charge in [0, 0.05) is 23.5 Å². The summed E-state index contributed by atoms with van der Waals surface area (Å²) >= 11 is 0. The van der Waals surface area contributed by atoms with Crippen LogP contribution in [-0.2, 0) is 10.2 Å². The minimum absolute atomic E-state index is 0.121. The van der Waals surface area contributed by atoms with Gasteiger partial charge < -0.3 is 15.4 Å². The Morgan fingerprint density at radius 1 is 1.12 bits per heavy atom. The van der Waals surface area contributed by atoms with E-state index in [1.807, 2.05) is 24.3 Å². The minimum atomic E-state index is -0.830. The summed E-state index contributed by atoms with van der Waals surface area (Å²) in [6.45, 7) is 6.04. The Morgan fingerprint density at radius 3 is 2.28 bits per heavy atom. The number of hydrogen-bond donors (Lipinski definition) is 2. The number of para-hydroxylation sites is 1. The predicted octanol–water partition coefficient (Wildman–Crippen LogP) is 4.32. The van der Waals surface area contributed by atoms with Crippen molar-refractivity contribution < 1.29 is 18.3 Å². The van der Waals surface area contributed by atoms with E-state index in [-0.39, 0.29) is 23.6 Å². The van der Waals surface area contributed by atoms with Gasteiger partial charge in [0.05, 0.1) is 13.7 Å². The molecule has 25 heavy (non-hydrogen) atoms. The van der Waals surface area contributed by atoms with Crippen molar-refractivity contribution in [2.45, 2.75) is 26.2 Å². The smallest absolute Gasteiger partial charge is 0.243 e. The van der Waals surface area contributed by atoms with Gasteiger partial charge in [0.25, 0.3) is 0 Å². The molecule has 4 nitrogen and oxygen atoms in total. The molecule has 0 unspecified atom stereocenters. The van der Waals surface area contributed by atoms with E-state index in [0.717, 1.165) is 17.7 Å². The highest BCUT2D eigenvalue weighted by atomic mass is 19.1. The maximum absolute atomic E-state index is 13.7. The van der Waals surface area contributed by atoms with Crippen LogP contribution in [-0.4, -0.2) is 19.6 Å². The number of anilines is 2. The van der Waals surface area contributed by atoms with Gasteiger partial charge in [-0.2, -0.15) is 0 Å². The molecule has 2 aromatic carbocycles. The van der Waals surface area contributed by atoms with Crippen LogP contribution in [0.2, 0.25) is 0 Å². The predicted molar refractivity (Wildman–Crippen MR) is 95.2 cm³/mol. The van der Waals surface area contributed by atoms with Crippen LogP contribution in [0.5, 0.6) is 5.75 Å². The third kappa shape index (κ3) is 4.68. The average molecular weight is 348 g/mol. The van der Waals surface area contributed by atoms with E-state index in [1.165, 1.54) is 7.11 Å². The Labute approximate surface area is 146 Å². The van der Waals surface area contributed by atoms with Crippen LogP contribution in [0.3, 0.4) is 0 Å². The number of benzene rings is 2. The van der Waals surface area contributed by atoms with Gasteiger partial charge in [-0.3, -0.25) is 4.79 Å². The summed E-state index contributed by atoms with van der Waals surface area (Å²) in [6.07, 6.45) is 0. The first kappa shape index (κ1) is 18.7. The standard InChI is InChI=1S/C19H22F2N2O2/c1-19(2,3)13-7-5-6-8-16(13)23-17(24)11-22-12-9-14(20)18(25-4)15(21)10-12/h5-10,22H,11H2,1-4H3,(H,23,24). The molecule has 0 radical (unpaired) electrons. The van der Waals surface area contributed by atoms with E-state index in [1.54, 1.807) is 0 Å². The van der Waals surface area contributed by atoms with Crippen LogP contribution in [0.1, 0.15) is 26.3 Å². The summed E-state index contributed by atoms with van der Waals surface area (Å²) in [7, 11) is 1.19. The minimum Gasteiger partial charge on any atom is -0.491 e. The van der Waals surface area contributed by atoms with Crippen LogP contribution < -0.4 is 15.4 Å². The fraction of sp³-hybridized carbons (Fsp3) is 0.316. The number of carbonyl (C=O) groups excluding carboxylic acids is 1. The highest BCUT2D eigenvalue weighted by molar-refractivity contribution is 5.94. The van der Waals surface area contributed by atoms with Crippen molar-refractivity contribution in [1.82, 2.24) is 0 Å². The lowest BCUT2D eigenvalue weighted by Crippen LogP contribution is -2.24. The fourth-order valence-electron chi connectivity index (χ4n) is 2.48. The SMILES string of the molecule is COc1c(F)cc(NCC(=O)Nc2ccccc2C(C)(C)C)cc1F. The van der Waals surface area contributed by atoms with E-state index >= 15 is 0 Å². The van der Waals surface area contributed by atoms with Gasteiger partial charge in [-0.25, -0.2) is 8.78 Å². The zero-order valence-corrected chi connectivity index (χ0v) is 14.7. The third-order valence-corrected chi connectivity index (χ3v) is 3.66. The zero-order chi connectivity index (χ0) is 18.6. The van der Waals surface area contributed by atoms with Crippen molar-refractivity contribution in [3.05, 3.63) is 53.6 Å². The van der Waals surface area contributed by atoms with Gasteiger partial charge in [-0.1, -0.05) is 39.0 Å². The molecule has 2 rings (SSSR count). The summed E-state index contributed by atoms with van der Waals surface area (Å²) in [4.78, 5) is 12.2. The van der Waals surface area contributed by atoms with Crippen molar-refractivity contribution >= 4 is 17.3 Å². The molecule has 2 aromatic rings. The molecule has 0 fully saturated rings. The molecule has 6 heteroatoms. The largest absolute Gasteiger partial charge is 0.491 e. The number of halogens is 2. The number of carbonyl (C=O) groups is 1. The van der Waals surface area contributed by atoms with E-state index < -0.39 is 17.4 Å². The van der Waals surface area contributed by atoms with Crippen LogP contribution in [0, 0.1) is 11.6 Å². The van der Waals surface area contributed by atoms with E-state index in [9.17, 15) is 13.6 Å². The number of amides is 1. The molecular formula is C19H22F2N2O2. The molecular weight excluding hydrogens is 326 g/mol. The van der Waals surface area contributed by atoms with Crippen LogP contribution in [0.15, 0.2) is 36.4 Å². The Bertz CT molecular complexity index is 747. The van der Waals surface area contributed by atoms with Crippen molar-refractivity contribution in [2.24, 2.45) is 0 Å². The van der Waals surface area contributed by atoms with Gasteiger partial charge in [0.1, 0.15) is 0 Å². The lowest BCUT2D eigenvalue weighted by molar-refractivity contribution is -0.114. The Balaban J connectivity index is 2.05. The Hall–Kier alpha value is -2.63. The molecule has 0 aliphatic carbocycles. The van der Waals surface area contributed by atoms with Gasteiger partial charge >= 0.3 is 0 Å². The fourth-order valence-corrected chi connectivity index (χ4v) is 2.48. The summed E-state index contributed by atoms with van der Waals surface area (Å²) in [5.41, 5.74) is 1.76. The molecule has 2 N–H and O–H groups in total. The van der Waals surface area contributed by atoms with Gasteiger partial charge in [0.15, 0.2) is 17.4 Å². The number of hydrogen-bond acceptors (Lipinski definition) is 3. The number of rotatable bonds is 5. The molecule has 0 heterocycles. The molecule has 0 saturated heterocycles. The molecule has 0 aromatic heterocycles. The van der Waals surface area contributed by atoms with Crippen molar-refractivity contribution in [2.75, 3.05) is 24.3 Å². The van der Waals surface area contributed by atoms with Crippen molar-refractivity contribution in [3.63, 3.8) is 0 Å². The molecule has 1 amide bonds. The third-order valence-electron chi connectivity index (χ3n) is 3.66. The Morgan fingerprint density at radius 2 is 1.72 bits per heavy atom. The first-order valence-corrected chi connectivity index (χ1v) is 7.88. The number of methoxy groups -OCH3 is 1. The van der Waals surface area contributed by atoms with E-state index in [2.05, 4.69) is 36.1 Å². The monoisotopic (exact) mass is 348 g/mol. The molecule has 0 saturated carbocycles. The maximum Gasteiger partial charge on any atom is 0.243 e. The van der Waals surface area contributed by atoms with Gasteiger partial charge in [0.2, 0.25) is 5.91 Å². The highest BCUT2D eigenvalue weighted by Gasteiger charge is 2.18. The van der Waals surface area contributed by atoms with Crippen LogP contribution in [0.4, 0.5) is 20.2 Å². The van der Waals surface area contributed by atoms with Gasteiger partial charge in [-0.05, 0) is 17.0 Å². The average Bonchev–Trinajstić information content (AvgIpc) is 2.52. The number of nitrogens with one attached hydrogen (secondary N) is 2. The topological polar surface area (TPSA) is 50.4 Å². The van der Waals surface area contributed by atoms with Crippen LogP contribution >= 0.6 is 0 Å². The second-order valence-corrected chi connectivity index (χ2v) is 6.67. The molecule has 0 aliphatic rings. The maximum atomic E-state index is 13.7. The summed E-state index contributed by atoms with van der Waals surface area (Å²) in [5.74, 6) is -2.42. The molecule has 0 bridgehead atoms. The normalized spacial score (nSPS) is 11.1. The molecule has 0 atom stereocenters. The lowest BCUT2D eigenvalue weighted by atomic mass is 9.86. The summed E-state index contributed by atoms with van der Waals surface area (Å²) in [6, 6.07) is 9.70. The Kier molecular flexibility index (Phi) is 5.62. The molecule has 0 spiro atoms. The van der Waals surface area contributed by atoms with Crippen molar-refractivity contribution in [3.8, 4) is 5.75 Å². The van der Waals surface area contributed by atoms with Gasteiger partial charge in [-0.15, -0.1) is 0 Å². The second-order valence-electron chi connectivity index (χ2n) is 6.67. The molecule has 134 valence electrons. The van der Waals surface area contributed by atoms with E-state index in [4.69, 9.17) is 0 Å². The van der Waals surface area contributed by atoms with Crippen molar-refractivity contribution in [1.29, 1.82) is 0 Å². The quantitative estimate of drug-likeness (QED) is 0.846. The first-order chi connectivity index (χ1) is 11.7. The highest BCUT2D eigenvalue weighted by Crippen LogP contribution is 2.29. The first-order valence-electron chi connectivity index (χ1n) is 7.88. The zero-order valence-electron chi connectivity index (χ0n) is 14.7. The lowest BCUT2D eigenvalue weighted by Gasteiger charge is -2.23. The molecule has 0 aliphatic heterocycles. The second kappa shape index (κ2) is 7.51. The summed E-state index contributed by atoms with van der Waals surface area (Å²) < 4.78 is 31.9. The number of ether oxygens (including phenoxy) is 1. The van der Waals surface area contributed by atoms with Crippen LogP contribution in [0.25, 0.3) is 0 Å². The summed E-state index contributed by atoms with van der Waals surface area (Å²) in [5, 5.41) is 5.53. The van der Waals surface area contributed by atoms with E-state index in [0.29, 0.717) is 5.69 Å².